The molecule has 1 aliphatic rings. The van der Waals surface area contributed by atoms with E-state index in [1.54, 1.807) is 30.3 Å². The molecule has 3 rings (SSSR count). The van der Waals surface area contributed by atoms with Crippen LogP contribution in [0.5, 0.6) is 11.5 Å². The van der Waals surface area contributed by atoms with Gasteiger partial charge in [0.2, 0.25) is 12.7 Å². The molecule has 0 bridgehead atoms. The lowest BCUT2D eigenvalue weighted by atomic mass is 10.1. The van der Waals surface area contributed by atoms with Crippen molar-refractivity contribution in [2.75, 3.05) is 17.9 Å². The molecule has 7 nitrogen and oxygen atoms in total. The van der Waals surface area contributed by atoms with Crippen LogP contribution in [0.3, 0.4) is 0 Å². The second-order valence-electron chi connectivity index (χ2n) is 5.35. The summed E-state index contributed by atoms with van der Waals surface area (Å²) in [6.07, 6.45) is 0. The van der Waals surface area contributed by atoms with Gasteiger partial charge in [0, 0.05) is 28.3 Å². The number of carboxylic acids is 1. The summed E-state index contributed by atoms with van der Waals surface area (Å²) in [6.45, 7) is 0.150. The van der Waals surface area contributed by atoms with Gasteiger partial charge >= 0.3 is 5.97 Å². The van der Waals surface area contributed by atoms with Crippen molar-refractivity contribution in [1.82, 2.24) is 0 Å². The van der Waals surface area contributed by atoms with Crippen LogP contribution in [0.4, 0.5) is 5.69 Å². The summed E-state index contributed by atoms with van der Waals surface area (Å²) < 4.78 is 22.5. The number of rotatable bonds is 6. The maximum absolute atomic E-state index is 12.1. The third kappa shape index (κ3) is 4.36. The minimum absolute atomic E-state index is 0.150. The van der Waals surface area contributed by atoms with Gasteiger partial charge in [0.05, 0.1) is 5.56 Å². The predicted molar refractivity (Wildman–Crippen MR) is 91.3 cm³/mol. The minimum atomic E-state index is -1.41. The van der Waals surface area contributed by atoms with E-state index in [1.807, 2.05) is 0 Å². The average Bonchev–Trinajstić information content (AvgIpc) is 3.02. The molecular weight excluding hydrogens is 346 g/mol. The first-order chi connectivity index (χ1) is 12.0. The second kappa shape index (κ2) is 7.35. The van der Waals surface area contributed by atoms with Gasteiger partial charge in [-0.2, -0.15) is 0 Å². The number of carbonyl (C=O) groups excluding carboxylic acids is 1. The smallest absolute Gasteiger partial charge is 0.335 e. The normalized spacial score (nSPS) is 13.3. The topological polar surface area (TPSA) is 102 Å². The zero-order valence-electron chi connectivity index (χ0n) is 13.1. The second-order valence-corrected chi connectivity index (χ2v) is 6.80. The number of hydrogen-bond donors (Lipinski definition) is 2. The largest absolute Gasteiger partial charge is 0.478 e. The summed E-state index contributed by atoms with van der Waals surface area (Å²) in [7, 11) is -1.41. The van der Waals surface area contributed by atoms with Crippen molar-refractivity contribution in [2.45, 2.75) is 5.75 Å². The van der Waals surface area contributed by atoms with Crippen LogP contribution in [0.25, 0.3) is 0 Å². The lowest BCUT2D eigenvalue weighted by Crippen LogP contribution is -2.20. The summed E-state index contributed by atoms with van der Waals surface area (Å²) in [5.41, 5.74) is 1.41. The molecule has 2 aromatic rings. The zero-order chi connectivity index (χ0) is 17.8. The molecule has 0 aliphatic carbocycles. The molecule has 0 spiro atoms. The molecule has 0 saturated carbocycles. The van der Waals surface area contributed by atoms with E-state index in [2.05, 4.69) is 5.32 Å². The SMILES string of the molecule is O=C(CS(=O)Cc1ccc(C(=O)O)cc1)Nc1ccc2c(c1)OCO2. The quantitative estimate of drug-likeness (QED) is 0.816. The van der Waals surface area contributed by atoms with Crippen molar-refractivity contribution < 1.29 is 28.4 Å². The van der Waals surface area contributed by atoms with Gasteiger partial charge < -0.3 is 19.9 Å². The van der Waals surface area contributed by atoms with Gasteiger partial charge in [0.1, 0.15) is 5.75 Å². The van der Waals surface area contributed by atoms with Gasteiger partial charge in [-0.1, -0.05) is 12.1 Å². The molecular formula is C17H15NO6S. The predicted octanol–water partition coefficient (Wildman–Crippen LogP) is 2.00. The van der Waals surface area contributed by atoms with Crippen LogP contribution < -0.4 is 14.8 Å². The van der Waals surface area contributed by atoms with E-state index < -0.39 is 16.8 Å². The van der Waals surface area contributed by atoms with Gasteiger partial charge in [-0.25, -0.2) is 4.79 Å². The van der Waals surface area contributed by atoms with E-state index in [0.29, 0.717) is 22.7 Å². The molecule has 1 aliphatic heterocycles. The zero-order valence-corrected chi connectivity index (χ0v) is 13.9. The van der Waals surface area contributed by atoms with E-state index >= 15 is 0 Å². The summed E-state index contributed by atoms with van der Waals surface area (Å²) in [4.78, 5) is 22.8. The Morgan fingerprint density at radius 3 is 2.52 bits per heavy atom. The van der Waals surface area contributed by atoms with Crippen LogP contribution in [0.2, 0.25) is 0 Å². The van der Waals surface area contributed by atoms with Crippen LogP contribution in [-0.4, -0.2) is 33.7 Å². The molecule has 0 aromatic heterocycles. The summed E-state index contributed by atoms with van der Waals surface area (Å²) >= 11 is 0. The van der Waals surface area contributed by atoms with Crippen molar-refractivity contribution >= 4 is 28.4 Å². The number of carbonyl (C=O) groups is 2. The number of anilines is 1. The lowest BCUT2D eigenvalue weighted by molar-refractivity contribution is -0.113. The third-order valence-electron chi connectivity index (χ3n) is 3.48. The summed E-state index contributed by atoms with van der Waals surface area (Å²) in [5.74, 6) is -0.206. The molecule has 0 radical (unpaired) electrons. The summed E-state index contributed by atoms with van der Waals surface area (Å²) in [6, 6.07) is 11.1. The highest BCUT2D eigenvalue weighted by atomic mass is 32.2. The van der Waals surface area contributed by atoms with E-state index in [4.69, 9.17) is 14.6 Å². The lowest BCUT2D eigenvalue weighted by Gasteiger charge is -2.07. The standard InChI is InChI=1S/C17H15NO6S/c19-16(18-13-5-6-14-15(7-13)24-10-23-14)9-25(22)8-11-1-3-12(4-2-11)17(20)21/h1-7H,8-10H2,(H,18,19)(H,20,21). The fourth-order valence-corrected chi connectivity index (χ4v) is 3.33. The van der Waals surface area contributed by atoms with Gasteiger partial charge in [0.25, 0.3) is 0 Å². The maximum atomic E-state index is 12.1. The van der Waals surface area contributed by atoms with Gasteiger partial charge in [-0.3, -0.25) is 9.00 Å². The Labute approximate surface area is 146 Å². The molecule has 8 heteroatoms. The van der Waals surface area contributed by atoms with Crippen LogP contribution >= 0.6 is 0 Å². The average molecular weight is 361 g/mol. The van der Waals surface area contributed by atoms with E-state index in [0.717, 1.165) is 0 Å². The van der Waals surface area contributed by atoms with Crippen molar-refractivity contribution in [2.24, 2.45) is 0 Å². The Kier molecular flexibility index (Phi) is 4.99. The van der Waals surface area contributed by atoms with E-state index in [9.17, 15) is 13.8 Å². The summed E-state index contributed by atoms with van der Waals surface area (Å²) in [5, 5.41) is 11.5. The Morgan fingerprint density at radius 1 is 1.08 bits per heavy atom. The molecule has 0 fully saturated rings. The Morgan fingerprint density at radius 2 is 1.80 bits per heavy atom. The molecule has 2 N–H and O–H groups in total. The maximum Gasteiger partial charge on any atom is 0.335 e. The molecule has 1 unspecified atom stereocenters. The van der Waals surface area contributed by atoms with Crippen LogP contribution in [0.1, 0.15) is 15.9 Å². The first kappa shape index (κ1) is 17.0. The minimum Gasteiger partial charge on any atom is -0.478 e. The molecule has 130 valence electrons. The number of amides is 1. The van der Waals surface area contributed by atoms with Gasteiger partial charge in [-0.15, -0.1) is 0 Å². The van der Waals surface area contributed by atoms with Crippen molar-refractivity contribution in [3.8, 4) is 11.5 Å². The number of hydrogen-bond acceptors (Lipinski definition) is 5. The molecule has 25 heavy (non-hydrogen) atoms. The highest BCUT2D eigenvalue weighted by Gasteiger charge is 2.15. The number of carboxylic acid groups (broad SMARTS) is 1. The first-order valence-corrected chi connectivity index (χ1v) is 8.87. The molecule has 1 amide bonds. The number of benzene rings is 2. The number of ether oxygens (including phenoxy) is 2. The molecule has 1 atom stereocenters. The third-order valence-corrected chi connectivity index (χ3v) is 4.72. The van der Waals surface area contributed by atoms with Crippen LogP contribution in [0, 0.1) is 0 Å². The molecule has 1 heterocycles. The number of fused-ring (bicyclic) bond motifs is 1. The van der Waals surface area contributed by atoms with E-state index in [-0.39, 0.29) is 29.8 Å². The van der Waals surface area contributed by atoms with Crippen molar-refractivity contribution in [3.05, 3.63) is 53.6 Å². The molecule has 2 aromatic carbocycles. The first-order valence-electron chi connectivity index (χ1n) is 7.38. The monoisotopic (exact) mass is 361 g/mol. The van der Waals surface area contributed by atoms with Crippen LogP contribution in [-0.2, 0) is 21.3 Å². The van der Waals surface area contributed by atoms with Crippen LogP contribution in [0.15, 0.2) is 42.5 Å². The fourth-order valence-electron chi connectivity index (χ4n) is 2.30. The van der Waals surface area contributed by atoms with E-state index in [1.165, 1.54) is 12.1 Å². The number of aromatic carboxylic acids is 1. The Bertz CT molecular complexity index is 834. The van der Waals surface area contributed by atoms with Crippen molar-refractivity contribution in [3.63, 3.8) is 0 Å². The molecule has 0 saturated heterocycles. The number of nitrogens with one attached hydrogen (secondary N) is 1. The van der Waals surface area contributed by atoms with Crippen molar-refractivity contribution in [1.29, 1.82) is 0 Å². The Balaban J connectivity index is 1.53. The Hall–Kier alpha value is -2.87. The highest BCUT2D eigenvalue weighted by molar-refractivity contribution is 7.84. The van der Waals surface area contributed by atoms with Gasteiger partial charge in [0.15, 0.2) is 11.5 Å². The highest BCUT2D eigenvalue weighted by Crippen LogP contribution is 2.34. The van der Waals surface area contributed by atoms with Gasteiger partial charge in [-0.05, 0) is 29.8 Å². The fraction of sp³-hybridized carbons (Fsp3) is 0.176.